The van der Waals surface area contributed by atoms with Gasteiger partial charge in [-0.3, -0.25) is 14.9 Å². The number of nitro groups is 1. The summed E-state index contributed by atoms with van der Waals surface area (Å²) in [7, 11) is 0. The summed E-state index contributed by atoms with van der Waals surface area (Å²) in [5.74, 6) is -1.71. The van der Waals surface area contributed by atoms with E-state index in [1.807, 2.05) is 0 Å². The van der Waals surface area contributed by atoms with E-state index < -0.39 is 47.1 Å². The zero-order valence-corrected chi connectivity index (χ0v) is 14.6. The second-order valence-electron chi connectivity index (χ2n) is 5.89. The highest BCUT2D eigenvalue weighted by atomic mass is 19.1. The molecule has 2 atom stereocenters. The predicted octanol–water partition coefficient (Wildman–Crippen LogP) is 2.44. The Bertz CT molecular complexity index is 934. The molecule has 1 aliphatic heterocycles. The number of halogens is 1. The smallest absolute Gasteiger partial charge is 0.351 e. The van der Waals surface area contributed by atoms with Crippen molar-refractivity contribution < 1.29 is 33.1 Å². The summed E-state index contributed by atoms with van der Waals surface area (Å²) in [6.07, 6.45) is -1.69. The van der Waals surface area contributed by atoms with Gasteiger partial charge in [-0.05, 0) is 31.2 Å². The summed E-state index contributed by atoms with van der Waals surface area (Å²) in [5.41, 5.74) is -0.788. The molecule has 0 radical (unpaired) electrons. The standard InChI is InChI=1S/C18H15FN2O7/c1-10-17(28-15-5-3-2-4-14(15)27-10)18(23)26-9-16(22)20-11-6-7-12(19)13(8-11)21(24)25/h2-8,10,17H,9H2,1H3,(H,20,22). The number of hydrogen-bond acceptors (Lipinski definition) is 7. The van der Waals surface area contributed by atoms with E-state index in [-0.39, 0.29) is 5.69 Å². The number of hydrogen-bond donors (Lipinski definition) is 1. The average Bonchev–Trinajstić information content (AvgIpc) is 2.66. The molecule has 1 heterocycles. The van der Waals surface area contributed by atoms with Crippen LogP contribution in [0.4, 0.5) is 15.8 Å². The lowest BCUT2D eigenvalue weighted by Gasteiger charge is -2.30. The molecule has 1 N–H and O–H groups in total. The highest BCUT2D eigenvalue weighted by Gasteiger charge is 2.35. The second-order valence-corrected chi connectivity index (χ2v) is 5.89. The molecular formula is C18H15FN2O7. The molecule has 0 aliphatic carbocycles. The molecule has 0 saturated carbocycles. The first-order valence-electron chi connectivity index (χ1n) is 8.18. The third-order valence-corrected chi connectivity index (χ3v) is 3.85. The van der Waals surface area contributed by atoms with Gasteiger partial charge in [-0.15, -0.1) is 0 Å². The molecule has 28 heavy (non-hydrogen) atoms. The van der Waals surface area contributed by atoms with Crippen LogP contribution in [0, 0.1) is 15.9 Å². The Morgan fingerprint density at radius 2 is 1.89 bits per heavy atom. The van der Waals surface area contributed by atoms with Crippen molar-refractivity contribution in [3.63, 3.8) is 0 Å². The van der Waals surface area contributed by atoms with Gasteiger partial charge in [-0.25, -0.2) is 4.79 Å². The normalized spacial score (nSPS) is 17.5. The molecular weight excluding hydrogens is 375 g/mol. The van der Waals surface area contributed by atoms with Crippen LogP contribution in [-0.2, 0) is 14.3 Å². The molecule has 146 valence electrons. The van der Waals surface area contributed by atoms with E-state index in [2.05, 4.69) is 5.32 Å². The highest BCUT2D eigenvalue weighted by molar-refractivity contribution is 5.93. The number of nitro benzene ring substituents is 1. The van der Waals surface area contributed by atoms with Crippen LogP contribution >= 0.6 is 0 Å². The molecule has 2 aromatic rings. The number of para-hydroxylation sites is 2. The Balaban J connectivity index is 1.57. The molecule has 1 amide bonds. The van der Waals surface area contributed by atoms with Crippen molar-refractivity contribution in [2.24, 2.45) is 0 Å². The van der Waals surface area contributed by atoms with Crippen LogP contribution in [-0.4, -0.2) is 35.6 Å². The Kier molecular flexibility index (Phi) is 5.39. The van der Waals surface area contributed by atoms with Crippen LogP contribution in [0.5, 0.6) is 11.5 Å². The van der Waals surface area contributed by atoms with E-state index in [1.165, 1.54) is 0 Å². The average molecular weight is 390 g/mol. The van der Waals surface area contributed by atoms with Gasteiger partial charge < -0.3 is 19.5 Å². The summed E-state index contributed by atoms with van der Waals surface area (Å²) < 4.78 is 29.4. The van der Waals surface area contributed by atoms with Crippen LogP contribution in [0.2, 0.25) is 0 Å². The van der Waals surface area contributed by atoms with Gasteiger partial charge in [0.2, 0.25) is 11.9 Å². The van der Waals surface area contributed by atoms with Crippen LogP contribution in [0.15, 0.2) is 42.5 Å². The monoisotopic (exact) mass is 390 g/mol. The van der Waals surface area contributed by atoms with E-state index in [1.54, 1.807) is 31.2 Å². The Morgan fingerprint density at radius 1 is 1.21 bits per heavy atom. The maximum atomic E-state index is 13.3. The lowest BCUT2D eigenvalue weighted by molar-refractivity contribution is -0.387. The fourth-order valence-electron chi connectivity index (χ4n) is 2.53. The minimum absolute atomic E-state index is 0.00584. The van der Waals surface area contributed by atoms with Gasteiger partial charge in [0.25, 0.3) is 5.91 Å². The summed E-state index contributed by atoms with van der Waals surface area (Å²) in [5, 5.41) is 13.0. The van der Waals surface area contributed by atoms with Crippen molar-refractivity contribution in [2.75, 3.05) is 11.9 Å². The topological polar surface area (TPSA) is 117 Å². The van der Waals surface area contributed by atoms with Gasteiger partial charge in [0.15, 0.2) is 18.1 Å². The number of anilines is 1. The van der Waals surface area contributed by atoms with Gasteiger partial charge in [0.05, 0.1) is 4.92 Å². The highest BCUT2D eigenvalue weighted by Crippen LogP contribution is 2.33. The number of fused-ring (bicyclic) bond motifs is 1. The quantitative estimate of drug-likeness (QED) is 0.473. The molecule has 2 unspecified atom stereocenters. The number of ether oxygens (including phenoxy) is 3. The van der Waals surface area contributed by atoms with Crippen LogP contribution in [0.25, 0.3) is 0 Å². The number of nitrogens with one attached hydrogen (secondary N) is 1. The summed E-state index contributed by atoms with van der Waals surface area (Å²) in [6.45, 7) is 0.970. The third-order valence-electron chi connectivity index (χ3n) is 3.85. The summed E-state index contributed by atoms with van der Waals surface area (Å²) >= 11 is 0. The molecule has 10 heteroatoms. The van der Waals surface area contributed by atoms with Crippen LogP contribution < -0.4 is 14.8 Å². The van der Waals surface area contributed by atoms with Gasteiger partial charge in [0.1, 0.15) is 6.10 Å². The van der Waals surface area contributed by atoms with Gasteiger partial charge in [0, 0.05) is 11.8 Å². The van der Waals surface area contributed by atoms with E-state index in [0.29, 0.717) is 11.5 Å². The maximum Gasteiger partial charge on any atom is 0.351 e. The fourth-order valence-corrected chi connectivity index (χ4v) is 2.53. The summed E-state index contributed by atoms with van der Waals surface area (Å²) in [6, 6.07) is 9.68. The number of carbonyl (C=O) groups is 2. The minimum atomic E-state index is -1.06. The molecule has 1 aliphatic rings. The van der Waals surface area contributed by atoms with Crippen molar-refractivity contribution in [3.05, 3.63) is 58.4 Å². The Hall–Kier alpha value is -3.69. The summed E-state index contributed by atoms with van der Waals surface area (Å²) in [4.78, 5) is 34.0. The molecule has 0 fully saturated rings. The molecule has 0 spiro atoms. The van der Waals surface area contributed by atoms with E-state index >= 15 is 0 Å². The van der Waals surface area contributed by atoms with E-state index in [4.69, 9.17) is 14.2 Å². The van der Waals surface area contributed by atoms with Gasteiger partial charge in [-0.2, -0.15) is 4.39 Å². The van der Waals surface area contributed by atoms with Crippen LogP contribution in [0.3, 0.4) is 0 Å². The van der Waals surface area contributed by atoms with E-state index in [9.17, 15) is 24.1 Å². The van der Waals surface area contributed by atoms with Gasteiger partial charge >= 0.3 is 11.7 Å². The first-order valence-corrected chi connectivity index (χ1v) is 8.18. The zero-order valence-electron chi connectivity index (χ0n) is 14.6. The number of esters is 1. The molecule has 9 nitrogen and oxygen atoms in total. The zero-order chi connectivity index (χ0) is 20.3. The number of nitrogens with zero attached hydrogens (tertiary/aromatic N) is 1. The largest absolute Gasteiger partial charge is 0.482 e. The van der Waals surface area contributed by atoms with Crippen molar-refractivity contribution in [1.29, 1.82) is 0 Å². The number of benzene rings is 2. The third kappa shape index (κ3) is 4.17. The van der Waals surface area contributed by atoms with Crippen molar-refractivity contribution in [3.8, 4) is 11.5 Å². The molecule has 3 rings (SSSR count). The molecule has 0 saturated heterocycles. The Labute approximate surface area is 158 Å². The van der Waals surface area contributed by atoms with Crippen LogP contribution in [0.1, 0.15) is 6.92 Å². The van der Waals surface area contributed by atoms with Crippen molar-refractivity contribution in [1.82, 2.24) is 0 Å². The predicted molar refractivity (Wildman–Crippen MR) is 93.6 cm³/mol. The number of rotatable bonds is 5. The molecule has 2 aromatic carbocycles. The Morgan fingerprint density at radius 3 is 2.57 bits per heavy atom. The maximum absolute atomic E-state index is 13.3. The SMILES string of the molecule is CC1Oc2ccccc2OC1C(=O)OCC(=O)Nc1ccc(F)c([N+](=O)[O-])c1. The lowest BCUT2D eigenvalue weighted by atomic mass is 10.2. The number of amides is 1. The minimum Gasteiger partial charge on any atom is -0.482 e. The van der Waals surface area contributed by atoms with Crippen molar-refractivity contribution >= 4 is 23.3 Å². The first kappa shape index (κ1) is 19.1. The fraction of sp³-hybridized carbons (Fsp3) is 0.222. The molecule has 0 bridgehead atoms. The number of carbonyl (C=O) groups excluding carboxylic acids is 2. The van der Waals surface area contributed by atoms with E-state index in [0.717, 1.165) is 18.2 Å². The lowest BCUT2D eigenvalue weighted by Crippen LogP contribution is -2.45. The molecule has 0 aromatic heterocycles. The first-order chi connectivity index (χ1) is 13.3. The van der Waals surface area contributed by atoms with Gasteiger partial charge in [-0.1, -0.05) is 12.1 Å². The second kappa shape index (κ2) is 7.91. The van der Waals surface area contributed by atoms with Crippen molar-refractivity contribution in [2.45, 2.75) is 19.1 Å².